The van der Waals surface area contributed by atoms with Gasteiger partial charge in [0.1, 0.15) is 18.3 Å². The molecule has 0 bridgehead atoms. The highest BCUT2D eigenvalue weighted by Crippen LogP contribution is 2.31. The van der Waals surface area contributed by atoms with Crippen LogP contribution in [0.3, 0.4) is 0 Å². The molecule has 0 saturated carbocycles. The Hall–Kier alpha value is -2.61. The molecular formula is C30H35FO5. The number of ether oxygens (including phenoxy) is 5. The molecule has 3 aromatic rings. The second-order valence-corrected chi connectivity index (χ2v) is 9.20. The van der Waals surface area contributed by atoms with Gasteiger partial charge < -0.3 is 23.7 Å². The zero-order valence-corrected chi connectivity index (χ0v) is 20.9. The minimum atomic E-state index is -1.53. The second kappa shape index (κ2) is 13.6. The summed E-state index contributed by atoms with van der Waals surface area (Å²) in [7, 11) is 0. The Labute approximate surface area is 213 Å². The fraction of sp³-hybridized carbons (Fsp3) is 0.400. The van der Waals surface area contributed by atoms with Crippen molar-refractivity contribution in [3.63, 3.8) is 0 Å². The Balaban J connectivity index is 1.52. The molecule has 1 saturated heterocycles. The van der Waals surface area contributed by atoms with Gasteiger partial charge in [-0.2, -0.15) is 0 Å². The van der Waals surface area contributed by atoms with Crippen LogP contribution >= 0.6 is 0 Å². The number of hydrogen-bond acceptors (Lipinski definition) is 5. The molecule has 5 atom stereocenters. The molecule has 0 aromatic heterocycles. The maximum Gasteiger partial charge on any atom is 0.192 e. The van der Waals surface area contributed by atoms with Gasteiger partial charge in [0.25, 0.3) is 0 Å². The Morgan fingerprint density at radius 1 is 0.694 bits per heavy atom. The Morgan fingerprint density at radius 2 is 1.17 bits per heavy atom. The highest BCUT2D eigenvalue weighted by atomic mass is 19.1. The third-order valence-electron chi connectivity index (χ3n) is 5.94. The molecular weight excluding hydrogens is 459 g/mol. The lowest BCUT2D eigenvalue weighted by Crippen LogP contribution is -2.60. The number of rotatable bonds is 12. The van der Waals surface area contributed by atoms with Crippen molar-refractivity contribution in [1.82, 2.24) is 0 Å². The summed E-state index contributed by atoms with van der Waals surface area (Å²) in [5.41, 5.74) is 2.99. The quantitative estimate of drug-likeness (QED) is 0.316. The Morgan fingerprint density at radius 3 is 1.67 bits per heavy atom. The largest absolute Gasteiger partial charge is 0.374 e. The van der Waals surface area contributed by atoms with Gasteiger partial charge in [0.15, 0.2) is 12.5 Å². The number of benzene rings is 3. The molecule has 1 aliphatic heterocycles. The summed E-state index contributed by atoms with van der Waals surface area (Å²) >= 11 is 0. The molecule has 0 unspecified atom stereocenters. The molecule has 0 radical (unpaired) electrons. The van der Waals surface area contributed by atoms with Gasteiger partial charge in [-0.3, -0.25) is 0 Å². The molecule has 1 heterocycles. The van der Waals surface area contributed by atoms with E-state index in [9.17, 15) is 0 Å². The fourth-order valence-electron chi connectivity index (χ4n) is 4.17. The van der Waals surface area contributed by atoms with Crippen molar-refractivity contribution in [2.75, 3.05) is 6.61 Å². The van der Waals surface area contributed by atoms with Crippen molar-refractivity contribution in [3.8, 4) is 0 Å². The summed E-state index contributed by atoms with van der Waals surface area (Å²) in [6.45, 7) is 4.89. The smallest absolute Gasteiger partial charge is 0.192 e. The van der Waals surface area contributed by atoms with Gasteiger partial charge in [0, 0.05) is 0 Å². The normalized spacial score (nSPS) is 24.2. The van der Waals surface area contributed by atoms with Gasteiger partial charge in [0.2, 0.25) is 0 Å². The lowest BCUT2D eigenvalue weighted by molar-refractivity contribution is -0.312. The molecule has 5 nitrogen and oxygen atoms in total. The van der Waals surface area contributed by atoms with Crippen LogP contribution in [0.5, 0.6) is 0 Å². The van der Waals surface area contributed by atoms with Gasteiger partial charge in [-0.15, -0.1) is 0 Å². The first-order valence-corrected chi connectivity index (χ1v) is 12.5. The number of halogens is 1. The second-order valence-electron chi connectivity index (χ2n) is 9.20. The van der Waals surface area contributed by atoms with Crippen LogP contribution in [0.1, 0.15) is 30.5 Å². The van der Waals surface area contributed by atoms with Crippen LogP contribution in [0.25, 0.3) is 0 Å². The van der Waals surface area contributed by atoms with E-state index >= 15 is 4.39 Å². The molecule has 36 heavy (non-hydrogen) atoms. The average molecular weight is 495 g/mol. The summed E-state index contributed by atoms with van der Waals surface area (Å²) in [4.78, 5) is 0. The fourth-order valence-corrected chi connectivity index (χ4v) is 4.17. The van der Waals surface area contributed by atoms with Crippen molar-refractivity contribution >= 4 is 0 Å². The van der Waals surface area contributed by atoms with Gasteiger partial charge in [0.05, 0.1) is 32.5 Å². The van der Waals surface area contributed by atoms with Crippen molar-refractivity contribution in [2.24, 2.45) is 0 Å². The van der Waals surface area contributed by atoms with Crippen molar-refractivity contribution in [3.05, 3.63) is 108 Å². The van der Waals surface area contributed by atoms with E-state index < -0.39 is 30.8 Å². The molecule has 0 spiro atoms. The van der Waals surface area contributed by atoms with Gasteiger partial charge >= 0.3 is 0 Å². The van der Waals surface area contributed by atoms with Crippen molar-refractivity contribution in [1.29, 1.82) is 0 Å². The zero-order valence-electron chi connectivity index (χ0n) is 20.9. The Kier molecular flexibility index (Phi) is 10.0. The van der Waals surface area contributed by atoms with Gasteiger partial charge in [-0.05, 0) is 30.5 Å². The third-order valence-corrected chi connectivity index (χ3v) is 5.94. The van der Waals surface area contributed by atoms with E-state index in [0.29, 0.717) is 13.2 Å². The molecule has 0 N–H and O–H groups in total. The van der Waals surface area contributed by atoms with E-state index in [1.165, 1.54) is 0 Å². The van der Waals surface area contributed by atoms with Gasteiger partial charge in [-0.1, -0.05) is 91.0 Å². The molecule has 1 fully saturated rings. The van der Waals surface area contributed by atoms with Crippen LogP contribution in [0, 0.1) is 0 Å². The molecule has 192 valence electrons. The third kappa shape index (κ3) is 7.69. The van der Waals surface area contributed by atoms with Crippen LogP contribution in [0.15, 0.2) is 91.0 Å². The van der Waals surface area contributed by atoms with E-state index in [0.717, 1.165) is 16.7 Å². The van der Waals surface area contributed by atoms with Crippen LogP contribution in [-0.4, -0.2) is 43.5 Å². The standard InChI is InChI=1S/C30H35FO5/c1-22(2)35-30-27(31)29(34-20-25-16-10-5-11-17-25)28(33-19-24-14-8-4-9-15-24)26(36-30)21-32-18-23-12-6-3-7-13-23/h3-17,22,26-30H,18-21H2,1-2H3/t26-,27-,28-,29-,30+/m1/s1. The van der Waals surface area contributed by atoms with Gasteiger partial charge in [-0.25, -0.2) is 4.39 Å². The Bertz CT molecular complexity index is 1000. The van der Waals surface area contributed by atoms with E-state index in [-0.39, 0.29) is 19.3 Å². The number of hydrogen-bond donors (Lipinski definition) is 0. The maximum absolute atomic E-state index is 15.8. The van der Waals surface area contributed by atoms with E-state index in [1.54, 1.807) is 0 Å². The van der Waals surface area contributed by atoms with E-state index in [1.807, 2.05) is 105 Å². The van der Waals surface area contributed by atoms with E-state index in [4.69, 9.17) is 23.7 Å². The van der Waals surface area contributed by atoms with Crippen LogP contribution < -0.4 is 0 Å². The summed E-state index contributed by atoms with van der Waals surface area (Å²) in [5.74, 6) is 0. The minimum Gasteiger partial charge on any atom is -0.374 e. The molecule has 0 amide bonds. The summed E-state index contributed by atoms with van der Waals surface area (Å²) in [6.07, 6.45) is -4.97. The van der Waals surface area contributed by atoms with Crippen molar-refractivity contribution < 1.29 is 28.1 Å². The molecule has 6 heteroatoms. The number of alkyl halides is 1. The van der Waals surface area contributed by atoms with Crippen LogP contribution in [0.4, 0.5) is 4.39 Å². The summed E-state index contributed by atoms with van der Waals surface area (Å²) in [5, 5.41) is 0. The maximum atomic E-state index is 15.8. The lowest BCUT2D eigenvalue weighted by atomic mass is 9.99. The highest BCUT2D eigenvalue weighted by Gasteiger charge is 2.49. The average Bonchev–Trinajstić information content (AvgIpc) is 2.90. The van der Waals surface area contributed by atoms with E-state index in [2.05, 4.69) is 0 Å². The molecule has 3 aromatic carbocycles. The lowest BCUT2D eigenvalue weighted by Gasteiger charge is -2.43. The van der Waals surface area contributed by atoms with Crippen LogP contribution in [0.2, 0.25) is 0 Å². The predicted molar refractivity (Wildman–Crippen MR) is 136 cm³/mol. The topological polar surface area (TPSA) is 46.2 Å². The SMILES string of the molecule is CC(C)O[C@H]1O[C@H](COCc2ccccc2)[C@@H](OCc2ccccc2)[C@H](OCc2ccccc2)[C@H]1F. The predicted octanol–water partition coefficient (Wildman–Crippen LogP) is 5.86. The zero-order chi connectivity index (χ0) is 25.2. The van der Waals surface area contributed by atoms with Crippen molar-refractivity contribution in [2.45, 2.75) is 70.5 Å². The van der Waals surface area contributed by atoms with Crippen LogP contribution in [-0.2, 0) is 43.5 Å². The minimum absolute atomic E-state index is 0.212. The highest BCUT2D eigenvalue weighted by molar-refractivity contribution is 5.15. The molecule has 0 aliphatic carbocycles. The first kappa shape index (κ1) is 26.5. The first-order chi connectivity index (χ1) is 17.6. The first-order valence-electron chi connectivity index (χ1n) is 12.5. The molecule has 1 aliphatic rings. The monoisotopic (exact) mass is 494 g/mol. The molecule has 4 rings (SSSR count). The summed E-state index contributed by atoms with van der Waals surface area (Å²) in [6, 6.07) is 29.4. The summed E-state index contributed by atoms with van der Waals surface area (Å²) < 4.78 is 46.2.